The molecule has 3 aromatic carbocycles. The van der Waals surface area contributed by atoms with E-state index in [4.69, 9.17) is 14.2 Å². The van der Waals surface area contributed by atoms with E-state index < -0.39 is 5.60 Å². The number of likely N-dealkylation sites (tertiary alicyclic amines) is 1. The number of carbonyl (C=O) groups excluding carboxylic acids is 1. The van der Waals surface area contributed by atoms with Crippen LogP contribution in [0.5, 0.6) is 11.5 Å². The third-order valence-electron chi connectivity index (χ3n) is 11.9. The Morgan fingerprint density at radius 2 is 1.70 bits per heavy atom. The summed E-state index contributed by atoms with van der Waals surface area (Å²) < 4.78 is 19.5. The van der Waals surface area contributed by atoms with Gasteiger partial charge in [-0.2, -0.15) is 0 Å². The molecule has 2 fully saturated rings. The Labute approximate surface area is 260 Å². The van der Waals surface area contributed by atoms with Crippen LogP contribution in [-0.4, -0.2) is 74.4 Å². The zero-order valence-corrected chi connectivity index (χ0v) is 26.0. The first-order chi connectivity index (χ1) is 21.5. The number of hydrogen-bond acceptors (Lipinski definition) is 5. The molecule has 6 heteroatoms. The van der Waals surface area contributed by atoms with Crippen LogP contribution in [-0.2, 0) is 34.2 Å². The number of methoxy groups -OCH3 is 2. The minimum absolute atomic E-state index is 0.146. The van der Waals surface area contributed by atoms with Crippen LogP contribution < -0.4 is 9.47 Å². The molecule has 1 amide bonds. The largest absolute Gasteiger partial charge is 0.493 e. The Balaban J connectivity index is 1.20. The first kappa shape index (κ1) is 27.9. The number of hydrogen-bond donors (Lipinski definition) is 0. The Hall–Kier alpha value is -3.61. The van der Waals surface area contributed by atoms with Gasteiger partial charge in [-0.05, 0) is 61.4 Å². The molecular weight excluding hydrogens is 548 g/mol. The summed E-state index contributed by atoms with van der Waals surface area (Å²) in [5.74, 6) is 1.45. The van der Waals surface area contributed by atoms with Gasteiger partial charge < -0.3 is 19.1 Å². The van der Waals surface area contributed by atoms with Crippen molar-refractivity contribution in [2.45, 2.75) is 55.3 Å². The molecule has 228 valence electrons. The Morgan fingerprint density at radius 1 is 0.977 bits per heavy atom. The molecule has 2 unspecified atom stereocenters. The Morgan fingerprint density at radius 3 is 2.41 bits per heavy atom. The first-order valence-corrected chi connectivity index (χ1v) is 16.2. The average Bonchev–Trinajstić information content (AvgIpc) is 3.44. The molecule has 6 aliphatic rings. The summed E-state index contributed by atoms with van der Waals surface area (Å²) in [5, 5.41) is 0. The second-order valence-electron chi connectivity index (χ2n) is 13.5. The van der Waals surface area contributed by atoms with E-state index in [1.807, 2.05) is 18.0 Å². The molecule has 0 aromatic heterocycles. The highest BCUT2D eigenvalue weighted by Gasteiger charge is 2.80. The lowest BCUT2D eigenvalue weighted by molar-refractivity contribution is -0.218. The van der Waals surface area contributed by atoms with Gasteiger partial charge in [0.15, 0.2) is 11.5 Å². The van der Waals surface area contributed by atoms with E-state index in [1.165, 1.54) is 22.3 Å². The third-order valence-corrected chi connectivity index (χ3v) is 11.9. The number of nitrogens with zero attached hydrogens (tertiary/aromatic N) is 2. The van der Waals surface area contributed by atoms with Gasteiger partial charge in [-0.25, -0.2) is 0 Å². The van der Waals surface area contributed by atoms with Gasteiger partial charge >= 0.3 is 0 Å². The Bertz CT molecular complexity index is 1610. The molecule has 2 heterocycles. The van der Waals surface area contributed by atoms with Crippen molar-refractivity contribution >= 4 is 5.91 Å². The topological polar surface area (TPSA) is 51.2 Å². The molecule has 6 atom stereocenters. The quantitative estimate of drug-likeness (QED) is 0.320. The van der Waals surface area contributed by atoms with Crippen LogP contribution in [0.2, 0.25) is 0 Å². The zero-order chi connectivity index (χ0) is 30.1. The highest BCUT2D eigenvalue weighted by Crippen LogP contribution is 2.74. The third kappa shape index (κ3) is 3.64. The second kappa shape index (κ2) is 10.2. The van der Waals surface area contributed by atoms with Crippen molar-refractivity contribution in [3.05, 3.63) is 107 Å². The van der Waals surface area contributed by atoms with Gasteiger partial charge in [0.1, 0.15) is 11.7 Å². The molecule has 0 N–H and O–H groups in total. The number of likely N-dealkylation sites (N-methyl/N-ethyl adjacent to an activating group) is 1. The van der Waals surface area contributed by atoms with Crippen LogP contribution in [0.1, 0.15) is 35.1 Å². The van der Waals surface area contributed by atoms with Gasteiger partial charge in [-0.3, -0.25) is 9.69 Å². The van der Waals surface area contributed by atoms with Gasteiger partial charge in [-0.15, -0.1) is 0 Å². The van der Waals surface area contributed by atoms with Crippen LogP contribution in [0.25, 0.3) is 0 Å². The van der Waals surface area contributed by atoms with Crippen molar-refractivity contribution in [3.8, 4) is 11.5 Å². The summed E-state index contributed by atoms with van der Waals surface area (Å²) in [6.07, 6.45) is 8.89. The highest BCUT2D eigenvalue weighted by atomic mass is 16.6. The summed E-state index contributed by atoms with van der Waals surface area (Å²) in [6, 6.07) is 25.8. The lowest BCUT2D eigenvalue weighted by Gasteiger charge is -2.71. The van der Waals surface area contributed by atoms with Gasteiger partial charge in [0.05, 0.1) is 18.4 Å². The van der Waals surface area contributed by atoms with Gasteiger partial charge in [0.25, 0.3) is 0 Å². The number of carbonyl (C=O) groups is 1. The summed E-state index contributed by atoms with van der Waals surface area (Å²) in [5.41, 5.74) is 3.93. The zero-order valence-electron chi connectivity index (χ0n) is 26.0. The molecule has 2 spiro atoms. The maximum atomic E-state index is 14.6. The smallest absolute Gasteiger partial charge is 0.228 e. The van der Waals surface area contributed by atoms with Crippen molar-refractivity contribution in [1.82, 2.24) is 9.80 Å². The minimum Gasteiger partial charge on any atom is -0.493 e. The van der Waals surface area contributed by atoms with E-state index in [-0.39, 0.29) is 34.8 Å². The number of benzene rings is 3. The van der Waals surface area contributed by atoms with E-state index in [0.717, 1.165) is 56.7 Å². The molecule has 2 aliphatic heterocycles. The second-order valence-corrected chi connectivity index (χ2v) is 13.5. The van der Waals surface area contributed by atoms with Crippen molar-refractivity contribution in [3.63, 3.8) is 0 Å². The van der Waals surface area contributed by atoms with Gasteiger partial charge in [0, 0.05) is 44.3 Å². The van der Waals surface area contributed by atoms with E-state index in [1.54, 1.807) is 14.2 Å². The Kier molecular flexibility index (Phi) is 6.48. The molecule has 1 saturated heterocycles. The van der Waals surface area contributed by atoms with Crippen LogP contribution in [0.15, 0.2) is 84.9 Å². The molecule has 9 rings (SSSR count). The molecule has 1 saturated carbocycles. The fraction of sp³-hybridized carbons (Fsp3) is 0.447. The summed E-state index contributed by atoms with van der Waals surface area (Å²) >= 11 is 0. The summed E-state index contributed by atoms with van der Waals surface area (Å²) in [7, 11) is 5.44. The normalized spacial score (nSPS) is 32.2. The van der Waals surface area contributed by atoms with Crippen molar-refractivity contribution in [2.75, 3.05) is 40.9 Å². The van der Waals surface area contributed by atoms with Gasteiger partial charge in [-0.1, -0.05) is 78.9 Å². The molecule has 44 heavy (non-hydrogen) atoms. The number of amides is 1. The average molecular weight is 591 g/mol. The van der Waals surface area contributed by atoms with Crippen LogP contribution in [0, 0.1) is 11.3 Å². The molecular formula is C38H42N2O4. The summed E-state index contributed by atoms with van der Waals surface area (Å²) in [4.78, 5) is 19.2. The van der Waals surface area contributed by atoms with Crippen LogP contribution >= 0.6 is 0 Å². The monoisotopic (exact) mass is 590 g/mol. The van der Waals surface area contributed by atoms with Crippen LogP contribution in [0.4, 0.5) is 0 Å². The van der Waals surface area contributed by atoms with Crippen molar-refractivity contribution < 1.29 is 19.0 Å². The summed E-state index contributed by atoms with van der Waals surface area (Å²) in [6.45, 7) is 2.66. The molecule has 4 aliphatic carbocycles. The van der Waals surface area contributed by atoms with Crippen molar-refractivity contribution in [2.24, 2.45) is 11.3 Å². The van der Waals surface area contributed by atoms with E-state index in [2.05, 4.69) is 83.8 Å². The maximum Gasteiger partial charge on any atom is 0.228 e. The predicted octanol–water partition coefficient (Wildman–Crippen LogP) is 5.23. The minimum atomic E-state index is -0.852. The number of fused-ring (bicyclic) bond motifs is 1. The van der Waals surface area contributed by atoms with Crippen molar-refractivity contribution in [1.29, 1.82) is 0 Å². The number of piperidine rings is 1. The lowest BCUT2D eigenvalue weighted by atomic mass is 9.37. The van der Waals surface area contributed by atoms with Crippen LogP contribution in [0.3, 0.4) is 0 Å². The lowest BCUT2D eigenvalue weighted by Crippen LogP contribution is -2.80. The van der Waals surface area contributed by atoms with E-state index >= 15 is 0 Å². The standard InChI is InChI=1S/C38H42N2O4/c1-39(21-16-26-10-6-4-7-11-26)34(41)29-25-36-18-19-38(29,43-3)35-37(36)20-23-40(22-17-27-12-8-5-9-13-27)31(36)24-28-14-15-30(42-2)33(44-35)32(28)37/h4-15,18-19,29,31,35H,16-17,20-25H2,1-3H3/t29-,31+,35?,36-,37+,38?/m1/s1. The van der Waals surface area contributed by atoms with E-state index in [9.17, 15) is 4.79 Å². The number of rotatable bonds is 9. The highest BCUT2D eigenvalue weighted by molar-refractivity contribution is 5.83. The number of ether oxygens (including phenoxy) is 3. The molecule has 4 bridgehead atoms. The van der Waals surface area contributed by atoms with E-state index in [0.29, 0.717) is 6.54 Å². The molecule has 3 aromatic rings. The molecule has 0 radical (unpaired) electrons. The first-order valence-electron chi connectivity index (χ1n) is 16.2. The molecule has 6 nitrogen and oxygen atoms in total. The maximum absolute atomic E-state index is 14.6. The SMILES string of the molecule is COc1ccc2c3c1OC1C4(OC)C=C[C@@]5(C[C@@H]4C(=O)N(C)CCc4ccccc4)[C@H](C2)N(CCc2ccccc2)CC[C@]315. The fourth-order valence-corrected chi connectivity index (χ4v) is 9.86. The van der Waals surface area contributed by atoms with Gasteiger partial charge in [0.2, 0.25) is 5.91 Å². The predicted molar refractivity (Wildman–Crippen MR) is 170 cm³/mol. The fourth-order valence-electron chi connectivity index (χ4n) is 9.86.